The van der Waals surface area contributed by atoms with Crippen LogP contribution in [0.2, 0.25) is 5.02 Å². The Labute approximate surface area is 136 Å². The molecule has 2 rings (SSSR count). The number of likely N-dealkylation sites (tertiary alicyclic amines) is 1. The van der Waals surface area contributed by atoms with Crippen molar-refractivity contribution in [3.05, 3.63) is 34.9 Å². The maximum absolute atomic E-state index is 12.1. The Morgan fingerprint density at radius 3 is 2.77 bits per heavy atom. The second kappa shape index (κ2) is 8.18. The molecular formula is C17H23ClN2O2. The van der Waals surface area contributed by atoms with E-state index in [0.717, 1.165) is 31.4 Å². The minimum Gasteiger partial charge on any atom is -0.355 e. The van der Waals surface area contributed by atoms with Crippen molar-refractivity contribution in [3.63, 3.8) is 0 Å². The molecule has 0 aliphatic carbocycles. The van der Waals surface area contributed by atoms with Gasteiger partial charge < -0.3 is 10.2 Å². The number of carbonyl (C=O) groups is 2. The van der Waals surface area contributed by atoms with Crippen molar-refractivity contribution in [3.8, 4) is 0 Å². The fourth-order valence-corrected chi connectivity index (χ4v) is 2.76. The Morgan fingerprint density at radius 1 is 1.36 bits per heavy atom. The smallest absolute Gasteiger partial charge is 0.225 e. The minimum atomic E-state index is -0.199. The van der Waals surface area contributed by atoms with Crippen LogP contribution < -0.4 is 5.32 Å². The molecule has 1 aliphatic heterocycles. The van der Waals surface area contributed by atoms with Crippen LogP contribution in [0.25, 0.3) is 0 Å². The monoisotopic (exact) mass is 322 g/mol. The van der Waals surface area contributed by atoms with Gasteiger partial charge in [-0.05, 0) is 30.5 Å². The number of benzene rings is 1. The molecule has 1 fully saturated rings. The van der Waals surface area contributed by atoms with E-state index in [1.54, 1.807) is 0 Å². The molecule has 1 aromatic rings. The van der Waals surface area contributed by atoms with Crippen LogP contribution >= 0.6 is 11.6 Å². The van der Waals surface area contributed by atoms with E-state index in [9.17, 15) is 9.59 Å². The molecule has 0 aromatic heterocycles. The van der Waals surface area contributed by atoms with Gasteiger partial charge in [0.25, 0.3) is 0 Å². The molecule has 1 aromatic carbocycles. The number of halogens is 1. The van der Waals surface area contributed by atoms with Crippen molar-refractivity contribution < 1.29 is 9.59 Å². The molecule has 1 unspecified atom stereocenters. The van der Waals surface area contributed by atoms with Gasteiger partial charge in [-0.1, -0.05) is 37.1 Å². The second-order valence-corrected chi connectivity index (χ2v) is 6.20. The topological polar surface area (TPSA) is 49.4 Å². The quantitative estimate of drug-likeness (QED) is 0.839. The number of rotatable bonds is 7. The fraction of sp³-hybridized carbons (Fsp3) is 0.529. The van der Waals surface area contributed by atoms with Gasteiger partial charge in [-0.15, -0.1) is 0 Å². The lowest BCUT2D eigenvalue weighted by molar-refractivity contribution is -0.129. The molecule has 0 spiro atoms. The number of nitrogens with one attached hydrogen (secondary N) is 1. The van der Waals surface area contributed by atoms with Crippen molar-refractivity contribution in [2.75, 3.05) is 19.6 Å². The lowest BCUT2D eigenvalue weighted by atomic mass is 10.1. The average molecular weight is 323 g/mol. The van der Waals surface area contributed by atoms with Crippen molar-refractivity contribution in [2.24, 2.45) is 5.92 Å². The number of hydrogen-bond acceptors (Lipinski definition) is 2. The van der Waals surface area contributed by atoms with E-state index in [0.29, 0.717) is 24.5 Å². The third kappa shape index (κ3) is 4.73. The van der Waals surface area contributed by atoms with Crippen LogP contribution in [0, 0.1) is 5.92 Å². The number of unbranched alkanes of at least 4 members (excludes halogenated alkanes) is 1. The molecule has 0 bridgehead atoms. The average Bonchev–Trinajstić information content (AvgIpc) is 2.88. The van der Waals surface area contributed by atoms with Gasteiger partial charge in [-0.2, -0.15) is 0 Å². The molecule has 0 saturated carbocycles. The number of nitrogens with zero attached hydrogens (tertiary/aromatic N) is 1. The predicted octanol–water partition coefficient (Wildman–Crippen LogP) is 2.65. The summed E-state index contributed by atoms with van der Waals surface area (Å²) in [5.41, 5.74) is 1.14. The summed E-state index contributed by atoms with van der Waals surface area (Å²) in [6.07, 6.45) is 3.16. The molecule has 1 N–H and O–H groups in total. The Kier molecular flexibility index (Phi) is 6.25. The summed E-state index contributed by atoms with van der Waals surface area (Å²) in [7, 11) is 0. The van der Waals surface area contributed by atoms with E-state index in [2.05, 4.69) is 12.2 Å². The molecule has 1 aliphatic rings. The molecule has 22 heavy (non-hydrogen) atoms. The first-order valence-electron chi connectivity index (χ1n) is 7.90. The van der Waals surface area contributed by atoms with Crippen molar-refractivity contribution in [1.82, 2.24) is 10.2 Å². The van der Waals surface area contributed by atoms with Gasteiger partial charge in [0, 0.05) is 31.1 Å². The molecule has 4 nitrogen and oxygen atoms in total. The van der Waals surface area contributed by atoms with Crippen LogP contribution in [-0.4, -0.2) is 36.3 Å². The Balaban J connectivity index is 1.73. The zero-order valence-electron chi connectivity index (χ0n) is 13.0. The molecule has 1 saturated heterocycles. The van der Waals surface area contributed by atoms with E-state index >= 15 is 0 Å². The standard InChI is InChI=1S/C17H23ClN2O2/c1-2-3-10-20-12-14(11-16(20)21)17(22)19-9-8-13-4-6-15(18)7-5-13/h4-7,14H,2-3,8-12H2,1H3,(H,19,22). The third-order valence-electron chi connectivity index (χ3n) is 3.99. The number of hydrogen-bond donors (Lipinski definition) is 1. The minimum absolute atomic E-state index is 0.0127. The highest BCUT2D eigenvalue weighted by molar-refractivity contribution is 6.30. The predicted molar refractivity (Wildman–Crippen MR) is 87.8 cm³/mol. The second-order valence-electron chi connectivity index (χ2n) is 5.76. The molecule has 1 atom stereocenters. The summed E-state index contributed by atoms with van der Waals surface area (Å²) in [5, 5.41) is 3.65. The van der Waals surface area contributed by atoms with Crippen LogP contribution in [-0.2, 0) is 16.0 Å². The molecule has 5 heteroatoms. The van der Waals surface area contributed by atoms with E-state index in [-0.39, 0.29) is 17.7 Å². The summed E-state index contributed by atoms with van der Waals surface area (Å²) < 4.78 is 0. The number of carbonyl (C=O) groups excluding carboxylic acids is 2. The zero-order chi connectivity index (χ0) is 15.9. The lowest BCUT2D eigenvalue weighted by Crippen LogP contribution is -2.34. The lowest BCUT2D eigenvalue weighted by Gasteiger charge is -2.15. The van der Waals surface area contributed by atoms with E-state index in [1.807, 2.05) is 29.2 Å². The molecule has 0 radical (unpaired) electrons. The van der Waals surface area contributed by atoms with E-state index in [1.165, 1.54) is 0 Å². The zero-order valence-corrected chi connectivity index (χ0v) is 13.7. The van der Waals surface area contributed by atoms with E-state index in [4.69, 9.17) is 11.6 Å². The van der Waals surface area contributed by atoms with Gasteiger partial charge in [-0.3, -0.25) is 9.59 Å². The van der Waals surface area contributed by atoms with Crippen molar-refractivity contribution >= 4 is 23.4 Å². The van der Waals surface area contributed by atoms with Crippen LogP contribution in [0.1, 0.15) is 31.7 Å². The highest BCUT2D eigenvalue weighted by atomic mass is 35.5. The SMILES string of the molecule is CCCCN1CC(C(=O)NCCc2ccc(Cl)cc2)CC1=O. The normalized spacial score (nSPS) is 17.8. The van der Waals surface area contributed by atoms with Gasteiger partial charge in [0.15, 0.2) is 0 Å². The summed E-state index contributed by atoms with van der Waals surface area (Å²) in [4.78, 5) is 25.8. The maximum Gasteiger partial charge on any atom is 0.225 e. The Morgan fingerprint density at radius 2 is 2.09 bits per heavy atom. The van der Waals surface area contributed by atoms with Crippen LogP contribution in [0.4, 0.5) is 0 Å². The molecule has 2 amide bonds. The summed E-state index contributed by atoms with van der Waals surface area (Å²) >= 11 is 5.84. The maximum atomic E-state index is 12.1. The van der Waals surface area contributed by atoms with E-state index < -0.39 is 0 Å². The summed E-state index contributed by atoms with van der Waals surface area (Å²) in [6.45, 7) is 4.01. The summed E-state index contributed by atoms with van der Waals surface area (Å²) in [6, 6.07) is 7.61. The van der Waals surface area contributed by atoms with Gasteiger partial charge in [0.2, 0.25) is 11.8 Å². The van der Waals surface area contributed by atoms with Gasteiger partial charge in [-0.25, -0.2) is 0 Å². The highest BCUT2D eigenvalue weighted by Crippen LogP contribution is 2.18. The van der Waals surface area contributed by atoms with Gasteiger partial charge >= 0.3 is 0 Å². The number of amides is 2. The fourth-order valence-electron chi connectivity index (χ4n) is 2.64. The van der Waals surface area contributed by atoms with Crippen molar-refractivity contribution in [2.45, 2.75) is 32.6 Å². The van der Waals surface area contributed by atoms with Gasteiger partial charge in [0.05, 0.1) is 5.92 Å². The van der Waals surface area contributed by atoms with Crippen LogP contribution in [0.15, 0.2) is 24.3 Å². The molecule has 1 heterocycles. The first kappa shape index (κ1) is 16.8. The van der Waals surface area contributed by atoms with Gasteiger partial charge in [0.1, 0.15) is 0 Å². The molecular weight excluding hydrogens is 300 g/mol. The Hall–Kier alpha value is -1.55. The molecule has 120 valence electrons. The van der Waals surface area contributed by atoms with Crippen LogP contribution in [0.3, 0.4) is 0 Å². The Bertz CT molecular complexity index is 516. The largest absolute Gasteiger partial charge is 0.355 e. The summed E-state index contributed by atoms with van der Waals surface area (Å²) in [5.74, 6) is -0.109. The van der Waals surface area contributed by atoms with Crippen molar-refractivity contribution in [1.29, 1.82) is 0 Å². The highest BCUT2D eigenvalue weighted by Gasteiger charge is 2.33. The first-order valence-corrected chi connectivity index (χ1v) is 8.28. The van der Waals surface area contributed by atoms with Crippen LogP contribution in [0.5, 0.6) is 0 Å². The third-order valence-corrected chi connectivity index (χ3v) is 4.25. The first-order chi connectivity index (χ1) is 10.6.